The van der Waals surface area contributed by atoms with Crippen LogP contribution >= 0.6 is 0 Å². The van der Waals surface area contributed by atoms with E-state index in [1.54, 1.807) is 12.5 Å². The first kappa shape index (κ1) is 7.62. The van der Waals surface area contributed by atoms with Crippen LogP contribution in [-0.4, -0.2) is 11.5 Å². The van der Waals surface area contributed by atoms with Crippen molar-refractivity contribution in [1.82, 2.24) is 4.98 Å². The Morgan fingerprint density at radius 1 is 1.36 bits per heavy atom. The maximum absolute atomic E-state index is 5.24. The molecule has 0 bridgehead atoms. The van der Waals surface area contributed by atoms with Crippen molar-refractivity contribution >= 4 is 5.69 Å². The van der Waals surface area contributed by atoms with Crippen LogP contribution in [0.15, 0.2) is 35.1 Å². The molecule has 1 N–H and O–H groups in total. The van der Waals surface area contributed by atoms with Crippen molar-refractivity contribution in [2.45, 2.75) is 6.42 Å². The monoisotopic (exact) mass is 186 g/mol. The second-order valence-electron chi connectivity index (χ2n) is 3.39. The molecule has 1 aromatic heterocycles. The maximum Gasteiger partial charge on any atom is 0.225 e. The molecule has 70 valence electrons. The maximum atomic E-state index is 5.24. The normalized spacial score (nSPS) is 13.7. The second-order valence-corrected chi connectivity index (χ2v) is 3.39. The first-order chi connectivity index (χ1) is 6.93. The van der Waals surface area contributed by atoms with Crippen LogP contribution in [0.1, 0.15) is 5.56 Å². The molecule has 0 unspecified atom stereocenters. The van der Waals surface area contributed by atoms with Gasteiger partial charge in [-0.05, 0) is 24.1 Å². The quantitative estimate of drug-likeness (QED) is 0.742. The lowest BCUT2D eigenvalue weighted by molar-refractivity contribution is 0.574. The number of anilines is 1. The van der Waals surface area contributed by atoms with Gasteiger partial charge in [-0.2, -0.15) is 0 Å². The van der Waals surface area contributed by atoms with Gasteiger partial charge in [0.25, 0.3) is 0 Å². The van der Waals surface area contributed by atoms with Crippen LogP contribution in [0.4, 0.5) is 5.69 Å². The zero-order valence-electron chi connectivity index (χ0n) is 7.66. The molecule has 3 rings (SSSR count). The molecular weight excluding hydrogens is 176 g/mol. The minimum Gasteiger partial charge on any atom is -0.445 e. The van der Waals surface area contributed by atoms with Gasteiger partial charge in [0, 0.05) is 17.8 Å². The summed E-state index contributed by atoms with van der Waals surface area (Å²) >= 11 is 0. The van der Waals surface area contributed by atoms with Crippen molar-refractivity contribution in [1.29, 1.82) is 0 Å². The number of benzene rings is 1. The summed E-state index contributed by atoms with van der Waals surface area (Å²) in [5.74, 6) is 0.682. The van der Waals surface area contributed by atoms with Gasteiger partial charge in [0.15, 0.2) is 0 Å². The summed E-state index contributed by atoms with van der Waals surface area (Å²) < 4.78 is 5.24. The van der Waals surface area contributed by atoms with Gasteiger partial charge in [-0.1, -0.05) is 6.07 Å². The van der Waals surface area contributed by atoms with Crippen molar-refractivity contribution in [3.05, 3.63) is 36.2 Å². The molecule has 0 amide bonds. The summed E-state index contributed by atoms with van der Waals surface area (Å²) in [6, 6.07) is 6.28. The van der Waals surface area contributed by atoms with Crippen LogP contribution in [0.3, 0.4) is 0 Å². The van der Waals surface area contributed by atoms with Crippen LogP contribution in [-0.2, 0) is 6.42 Å². The predicted octanol–water partition coefficient (Wildman–Crippen LogP) is 2.31. The topological polar surface area (TPSA) is 38.1 Å². The van der Waals surface area contributed by atoms with E-state index in [4.69, 9.17) is 4.42 Å². The highest BCUT2D eigenvalue weighted by Gasteiger charge is 2.11. The van der Waals surface area contributed by atoms with Crippen molar-refractivity contribution in [2.24, 2.45) is 0 Å². The van der Waals surface area contributed by atoms with E-state index in [0.29, 0.717) is 5.89 Å². The van der Waals surface area contributed by atoms with Gasteiger partial charge in [0.1, 0.15) is 6.26 Å². The van der Waals surface area contributed by atoms with E-state index in [1.807, 2.05) is 0 Å². The summed E-state index contributed by atoms with van der Waals surface area (Å²) in [4.78, 5) is 4.12. The number of hydrogen-bond acceptors (Lipinski definition) is 3. The zero-order chi connectivity index (χ0) is 9.38. The van der Waals surface area contributed by atoms with Crippen LogP contribution in [0.2, 0.25) is 0 Å². The lowest BCUT2D eigenvalue weighted by Gasteiger charge is -2.01. The summed E-state index contributed by atoms with van der Waals surface area (Å²) in [6.45, 7) is 1.03. The van der Waals surface area contributed by atoms with Gasteiger partial charge in [0.2, 0.25) is 5.89 Å². The van der Waals surface area contributed by atoms with Gasteiger partial charge in [-0.3, -0.25) is 0 Å². The Bertz CT molecular complexity index is 448. The number of nitrogens with one attached hydrogen (secondary N) is 1. The van der Waals surface area contributed by atoms with Crippen molar-refractivity contribution in [3.8, 4) is 11.5 Å². The molecule has 0 saturated heterocycles. The van der Waals surface area contributed by atoms with Crippen LogP contribution in [0.25, 0.3) is 11.5 Å². The van der Waals surface area contributed by atoms with E-state index >= 15 is 0 Å². The molecule has 3 heteroatoms. The fraction of sp³-hybridized carbons (Fsp3) is 0.182. The van der Waals surface area contributed by atoms with E-state index < -0.39 is 0 Å². The summed E-state index contributed by atoms with van der Waals surface area (Å²) in [5.41, 5.74) is 3.61. The van der Waals surface area contributed by atoms with E-state index in [-0.39, 0.29) is 0 Å². The molecule has 2 heterocycles. The fourth-order valence-corrected chi connectivity index (χ4v) is 1.79. The Labute approximate surface area is 81.8 Å². The average Bonchev–Trinajstić information content (AvgIpc) is 2.88. The zero-order valence-corrected chi connectivity index (χ0v) is 7.66. The lowest BCUT2D eigenvalue weighted by Crippen LogP contribution is -1.90. The highest BCUT2D eigenvalue weighted by atomic mass is 16.3. The van der Waals surface area contributed by atoms with Crippen molar-refractivity contribution < 1.29 is 4.42 Å². The largest absolute Gasteiger partial charge is 0.445 e. The van der Waals surface area contributed by atoms with E-state index in [9.17, 15) is 0 Å². The number of oxazole rings is 1. The lowest BCUT2D eigenvalue weighted by atomic mass is 10.1. The molecule has 0 fully saturated rings. The molecule has 0 radical (unpaired) electrons. The smallest absolute Gasteiger partial charge is 0.225 e. The summed E-state index contributed by atoms with van der Waals surface area (Å²) in [5, 5.41) is 3.33. The minimum atomic E-state index is 0.682. The molecule has 0 aliphatic carbocycles. The molecule has 0 atom stereocenters. The van der Waals surface area contributed by atoms with Crippen molar-refractivity contribution in [2.75, 3.05) is 11.9 Å². The van der Waals surface area contributed by atoms with Gasteiger partial charge >= 0.3 is 0 Å². The molecule has 3 nitrogen and oxygen atoms in total. The van der Waals surface area contributed by atoms with Crippen molar-refractivity contribution in [3.63, 3.8) is 0 Å². The summed E-state index contributed by atoms with van der Waals surface area (Å²) in [6.07, 6.45) is 4.37. The van der Waals surface area contributed by atoms with E-state index in [2.05, 4.69) is 28.5 Å². The van der Waals surface area contributed by atoms with Crippen LogP contribution < -0.4 is 5.32 Å². The van der Waals surface area contributed by atoms with Gasteiger partial charge in [0.05, 0.1) is 6.20 Å². The third kappa shape index (κ3) is 1.09. The summed E-state index contributed by atoms with van der Waals surface area (Å²) in [7, 11) is 0. The van der Waals surface area contributed by atoms with Gasteiger partial charge in [-0.25, -0.2) is 4.98 Å². The number of aromatic nitrogens is 1. The Balaban J connectivity index is 2.09. The predicted molar refractivity (Wildman–Crippen MR) is 54.1 cm³/mol. The number of nitrogens with zero attached hydrogens (tertiary/aromatic N) is 1. The Morgan fingerprint density at radius 3 is 3.21 bits per heavy atom. The third-order valence-electron chi connectivity index (χ3n) is 2.50. The Kier molecular flexibility index (Phi) is 1.56. The molecule has 1 aromatic carbocycles. The van der Waals surface area contributed by atoms with E-state index in [0.717, 1.165) is 18.5 Å². The number of fused-ring (bicyclic) bond motifs is 1. The number of rotatable bonds is 1. The average molecular weight is 186 g/mol. The molecule has 0 saturated carbocycles. The first-order valence-corrected chi connectivity index (χ1v) is 4.70. The molecule has 1 aliphatic rings. The molecular formula is C11H10N2O. The van der Waals surface area contributed by atoms with Crippen LogP contribution in [0.5, 0.6) is 0 Å². The molecule has 1 aliphatic heterocycles. The SMILES string of the molecule is c1coc(-c2ccc3c(c2)NCC3)n1. The minimum absolute atomic E-state index is 0.682. The highest BCUT2D eigenvalue weighted by molar-refractivity contribution is 5.66. The molecule has 14 heavy (non-hydrogen) atoms. The first-order valence-electron chi connectivity index (χ1n) is 4.70. The Morgan fingerprint density at radius 2 is 2.36 bits per heavy atom. The van der Waals surface area contributed by atoms with Gasteiger partial charge in [-0.15, -0.1) is 0 Å². The second kappa shape index (κ2) is 2.87. The molecule has 2 aromatic rings. The highest BCUT2D eigenvalue weighted by Crippen LogP contribution is 2.27. The van der Waals surface area contributed by atoms with E-state index in [1.165, 1.54) is 11.3 Å². The van der Waals surface area contributed by atoms with Gasteiger partial charge < -0.3 is 9.73 Å². The molecule has 0 spiro atoms. The van der Waals surface area contributed by atoms with Crippen LogP contribution in [0, 0.1) is 0 Å². The third-order valence-corrected chi connectivity index (χ3v) is 2.50. The standard InChI is InChI=1S/C11H10N2O/c1-2-9(11-13-5-6-14-11)7-10-8(1)3-4-12-10/h1-2,5-7,12H,3-4H2. The fourth-order valence-electron chi connectivity index (χ4n) is 1.79. The number of hydrogen-bond donors (Lipinski definition) is 1. The Hall–Kier alpha value is -1.77.